The maximum atomic E-state index is 12.4. The molecule has 118 valence electrons. The van der Waals surface area contributed by atoms with E-state index in [1.165, 1.54) is 19.9 Å². The van der Waals surface area contributed by atoms with Crippen molar-refractivity contribution in [3.05, 3.63) is 0 Å². The summed E-state index contributed by atoms with van der Waals surface area (Å²) in [7, 11) is 1.50. The molecule has 0 spiro atoms. The van der Waals surface area contributed by atoms with Crippen molar-refractivity contribution < 1.29 is 14.4 Å². The quantitative estimate of drug-likeness (QED) is 0.771. The first-order chi connectivity index (χ1) is 10.0. The number of rotatable bonds is 3. The molecule has 0 aromatic carbocycles. The first-order valence-electron chi connectivity index (χ1n) is 7.86. The van der Waals surface area contributed by atoms with E-state index in [0.29, 0.717) is 12.8 Å². The summed E-state index contributed by atoms with van der Waals surface area (Å²) in [5.74, 6) is -0.324. The van der Waals surface area contributed by atoms with Gasteiger partial charge in [-0.25, -0.2) is 0 Å². The fourth-order valence-corrected chi connectivity index (χ4v) is 3.01. The maximum Gasteiger partial charge on any atom is 0.246 e. The number of amides is 3. The highest BCUT2D eigenvalue weighted by molar-refractivity contribution is 6.00. The molecular weight excluding hydrogens is 270 g/mol. The van der Waals surface area contributed by atoms with Gasteiger partial charge in [-0.2, -0.15) is 0 Å². The van der Waals surface area contributed by atoms with Crippen LogP contribution in [0.25, 0.3) is 0 Å². The molecular formula is C15H25N3O3. The Kier molecular flexibility index (Phi) is 5.33. The standard InChI is InChI=1S/C15H25N3O3/c1-11(14(20)18-9-5-3-4-6-10-18)16-12-7-8-13(19)17(2)15(12)21/h11-12,16H,3-10H2,1-2H3. The third-order valence-corrected chi connectivity index (χ3v) is 4.39. The summed E-state index contributed by atoms with van der Waals surface area (Å²) in [6.07, 6.45) is 5.29. The Bertz CT molecular complexity index is 416. The van der Waals surface area contributed by atoms with Gasteiger partial charge in [-0.05, 0) is 26.2 Å². The topological polar surface area (TPSA) is 69.7 Å². The highest BCUT2D eigenvalue weighted by Crippen LogP contribution is 2.14. The Morgan fingerprint density at radius 3 is 2.43 bits per heavy atom. The minimum absolute atomic E-state index is 0.0595. The van der Waals surface area contributed by atoms with Crippen molar-refractivity contribution in [1.29, 1.82) is 0 Å². The van der Waals surface area contributed by atoms with Crippen molar-refractivity contribution in [3.63, 3.8) is 0 Å². The van der Waals surface area contributed by atoms with Crippen LogP contribution in [0.1, 0.15) is 45.4 Å². The Balaban J connectivity index is 1.91. The van der Waals surface area contributed by atoms with E-state index in [2.05, 4.69) is 5.32 Å². The van der Waals surface area contributed by atoms with Crippen molar-refractivity contribution in [2.45, 2.75) is 57.5 Å². The summed E-state index contributed by atoms with van der Waals surface area (Å²) in [6, 6.07) is -0.822. The molecule has 0 aromatic rings. The largest absolute Gasteiger partial charge is 0.341 e. The van der Waals surface area contributed by atoms with Gasteiger partial charge in [-0.1, -0.05) is 12.8 Å². The second-order valence-electron chi connectivity index (χ2n) is 6.01. The van der Waals surface area contributed by atoms with Crippen molar-refractivity contribution in [1.82, 2.24) is 15.1 Å². The molecule has 0 aliphatic carbocycles. The average molecular weight is 295 g/mol. The lowest BCUT2D eigenvalue weighted by Crippen LogP contribution is -2.56. The zero-order valence-corrected chi connectivity index (χ0v) is 12.9. The molecule has 2 fully saturated rings. The summed E-state index contributed by atoms with van der Waals surface area (Å²) in [6.45, 7) is 3.42. The first kappa shape index (κ1) is 15.9. The molecule has 21 heavy (non-hydrogen) atoms. The normalized spacial score (nSPS) is 25.7. The maximum absolute atomic E-state index is 12.4. The van der Waals surface area contributed by atoms with Gasteiger partial charge in [0.1, 0.15) is 0 Å². The molecule has 6 heteroatoms. The van der Waals surface area contributed by atoms with Gasteiger partial charge in [0.15, 0.2) is 0 Å². The lowest BCUT2D eigenvalue weighted by atomic mass is 10.0. The second kappa shape index (κ2) is 7.02. The molecule has 0 bridgehead atoms. The number of likely N-dealkylation sites (tertiary alicyclic amines) is 2. The summed E-state index contributed by atoms with van der Waals surface area (Å²) in [4.78, 5) is 39.0. The van der Waals surface area contributed by atoms with E-state index in [0.717, 1.165) is 30.8 Å². The molecule has 2 saturated heterocycles. The van der Waals surface area contributed by atoms with Gasteiger partial charge in [-0.15, -0.1) is 0 Å². The van der Waals surface area contributed by atoms with Crippen LogP contribution in [0.5, 0.6) is 0 Å². The molecule has 2 rings (SSSR count). The van der Waals surface area contributed by atoms with E-state index >= 15 is 0 Å². The third kappa shape index (κ3) is 3.81. The van der Waals surface area contributed by atoms with E-state index in [4.69, 9.17) is 0 Å². The zero-order valence-electron chi connectivity index (χ0n) is 12.9. The Labute approximate surface area is 125 Å². The summed E-state index contributed by atoms with van der Waals surface area (Å²) >= 11 is 0. The predicted molar refractivity (Wildman–Crippen MR) is 78.4 cm³/mol. The summed E-state index contributed by atoms with van der Waals surface area (Å²) in [5, 5.41) is 3.10. The number of hydrogen-bond acceptors (Lipinski definition) is 4. The van der Waals surface area contributed by atoms with E-state index in [-0.39, 0.29) is 17.7 Å². The number of likely N-dealkylation sites (N-methyl/N-ethyl adjacent to an activating group) is 1. The zero-order chi connectivity index (χ0) is 15.4. The number of carbonyl (C=O) groups is 3. The molecule has 0 radical (unpaired) electrons. The van der Waals surface area contributed by atoms with Crippen molar-refractivity contribution >= 4 is 17.7 Å². The number of nitrogens with zero attached hydrogens (tertiary/aromatic N) is 2. The molecule has 1 N–H and O–H groups in total. The van der Waals surface area contributed by atoms with Gasteiger partial charge in [-0.3, -0.25) is 24.6 Å². The van der Waals surface area contributed by atoms with Gasteiger partial charge in [0.25, 0.3) is 0 Å². The number of carbonyl (C=O) groups excluding carboxylic acids is 3. The number of nitrogens with one attached hydrogen (secondary N) is 1. The van der Waals surface area contributed by atoms with Gasteiger partial charge in [0, 0.05) is 26.6 Å². The van der Waals surface area contributed by atoms with Gasteiger partial charge >= 0.3 is 0 Å². The SMILES string of the molecule is CC(NC1CCC(=O)N(C)C1=O)C(=O)N1CCCCCC1. The highest BCUT2D eigenvalue weighted by Gasteiger charge is 2.34. The van der Waals surface area contributed by atoms with Crippen LogP contribution in [-0.4, -0.2) is 59.7 Å². The molecule has 0 saturated carbocycles. The van der Waals surface area contributed by atoms with Gasteiger partial charge in [0.2, 0.25) is 17.7 Å². The van der Waals surface area contributed by atoms with Crippen LogP contribution in [0.15, 0.2) is 0 Å². The minimum Gasteiger partial charge on any atom is -0.341 e. The summed E-state index contributed by atoms with van der Waals surface area (Å²) in [5.41, 5.74) is 0. The van der Waals surface area contributed by atoms with Crippen LogP contribution in [0.4, 0.5) is 0 Å². The van der Waals surface area contributed by atoms with E-state index in [1.54, 1.807) is 6.92 Å². The molecule has 0 aromatic heterocycles. The van der Waals surface area contributed by atoms with Crippen LogP contribution in [-0.2, 0) is 14.4 Å². The van der Waals surface area contributed by atoms with Gasteiger partial charge < -0.3 is 4.90 Å². The number of hydrogen-bond donors (Lipinski definition) is 1. The number of piperidine rings is 1. The highest BCUT2D eigenvalue weighted by atomic mass is 16.2. The monoisotopic (exact) mass is 295 g/mol. The molecule has 2 atom stereocenters. The van der Waals surface area contributed by atoms with Crippen molar-refractivity contribution in [2.75, 3.05) is 20.1 Å². The molecule has 6 nitrogen and oxygen atoms in total. The minimum atomic E-state index is -0.432. The molecule has 2 aliphatic heterocycles. The van der Waals surface area contributed by atoms with Crippen LogP contribution in [0.2, 0.25) is 0 Å². The second-order valence-corrected chi connectivity index (χ2v) is 6.01. The molecule has 2 aliphatic rings. The van der Waals surface area contributed by atoms with E-state index < -0.39 is 12.1 Å². The van der Waals surface area contributed by atoms with Crippen LogP contribution in [0.3, 0.4) is 0 Å². The fraction of sp³-hybridized carbons (Fsp3) is 0.800. The Morgan fingerprint density at radius 1 is 1.19 bits per heavy atom. The van der Waals surface area contributed by atoms with E-state index in [1.807, 2.05) is 4.90 Å². The lowest BCUT2D eigenvalue weighted by Gasteiger charge is -2.31. The fourth-order valence-electron chi connectivity index (χ4n) is 3.01. The summed E-state index contributed by atoms with van der Waals surface area (Å²) < 4.78 is 0. The van der Waals surface area contributed by atoms with Gasteiger partial charge in [0.05, 0.1) is 12.1 Å². The average Bonchev–Trinajstić information content (AvgIpc) is 2.76. The Hall–Kier alpha value is -1.43. The Morgan fingerprint density at radius 2 is 1.81 bits per heavy atom. The molecule has 2 unspecified atom stereocenters. The third-order valence-electron chi connectivity index (χ3n) is 4.39. The van der Waals surface area contributed by atoms with Crippen LogP contribution in [0, 0.1) is 0 Å². The van der Waals surface area contributed by atoms with Crippen molar-refractivity contribution in [3.8, 4) is 0 Å². The molecule has 3 amide bonds. The van der Waals surface area contributed by atoms with Crippen LogP contribution < -0.4 is 5.32 Å². The molecule has 2 heterocycles. The first-order valence-corrected chi connectivity index (χ1v) is 7.86. The predicted octanol–water partition coefficient (Wildman–Crippen LogP) is 0.514. The van der Waals surface area contributed by atoms with Crippen molar-refractivity contribution in [2.24, 2.45) is 0 Å². The smallest absolute Gasteiger partial charge is 0.246 e. The number of imide groups is 1. The van der Waals surface area contributed by atoms with E-state index in [9.17, 15) is 14.4 Å². The lowest BCUT2D eigenvalue weighted by molar-refractivity contribution is -0.148. The van der Waals surface area contributed by atoms with Crippen LogP contribution >= 0.6 is 0 Å².